The van der Waals surface area contributed by atoms with Crippen molar-refractivity contribution < 1.29 is 5.11 Å². The molecule has 94 valence electrons. The maximum absolute atomic E-state index is 10.1. The summed E-state index contributed by atoms with van der Waals surface area (Å²) >= 11 is 0.431. The van der Waals surface area contributed by atoms with Crippen molar-refractivity contribution in [1.82, 2.24) is 0 Å². The molecule has 1 aromatic rings. The molecule has 17 heavy (non-hydrogen) atoms. The van der Waals surface area contributed by atoms with Gasteiger partial charge in [-0.15, -0.1) is 0 Å². The molecule has 0 aliphatic heterocycles. The van der Waals surface area contributed by atoms with Crippen LogP contribution in [0.15, 0.2) is 24.3 Å². The Morgan fingerprint density at radius 2 is 1.88 bits per heavy atom. The van der Waals surface area contributed by atoms with Crippen LogP contribution in [0.5, 0.6) is 0 Å². The van der Waals surface area contributed by atoms with Gasteiger partial charge in [-0.05, 0) is 0 Å². The van der Waals surface area contributed by atoms with Gasteiger partial charge < -0.3 is 0 Å². The Labute approximate surface area is 111 Å². The molecule has 0 unspecified atom stereocenters. The number of hydrogen-bond acceptors (Lipinski definition) is 1. The minimum atomic E-state index is -0.0519. The molecule has 1 aliphatic carbocycles. The molecule has 1 N–H and O–H groups in total. The molecule has 0 saturated heterocycles. The van der Waals surface area contributed by atoms with Crippen LogP contribution < -0.4 is 4.46 Å². The van der Waals surface area contributed by atoms with Crippen LogP contribution in [0.3, 0.4) is 0 Å². The third-order valence-electron chi connectivity index (χ3n) is 3.49. The molecule has 2 rings (SSSR count). The number of rotatable bonds is 3. The molecule has 2 heteroatoms. The van der Waals surface area contributed by atoms with Gasteiger partial charge in [-0.2, -0.15) is 0 Å². The zero-order valence-corrected chi connectivity index (χ0v) is 12.4. The van der Waals surface area contributed by atoms with Crippen LogP contribution in [0.2, 0.25) is 4.82 Å². The summed E-state index contributed by atoms with van der Waals surface area (Å²) in [5.41, 5.74) is 1.48. The van der Waals surface area contributed by atoms with Crippen LogP contribution in [0.1, 0.15) is 51.0 Å². The third kappa shape index (κ3) is 3.34. The molecule has 1 nitrogen and oxygen atoms in total. The van der Waals surface area contributed by atoms with Crippen molar-refractivity contribution in [2.75, 3.05) is 0 Å². The molecular weight excluding hydrogens is 275 g/mol. The van der Waals surface area contributed by atoms with Crippen molar-refractivity contribution in [1.29, 1.82) is 0 Å². The van der Waals surface area contributed by atoms with Gasteiger partial charge in [0.25, 0.3) is 0 Å². The fourth-order valence-electron chi connectivity index (χ4n) is 2.44. The topological polar surface area (TPSA) is 20.2 Å². The number of aliphatic hydroxyl groups is 1. The average molecular weight is 297 g/mol. The standard InChI is InChI=1S/C15H22OSe/c1-11(2)12-7-3-5-9-14(12)17-15-10-6-4-8-13(15)16/h3,5,7,9,11,13,15-16H,4,6,8,10H2,1-2H3/t13-,15-/m0/s1. The van der Waals surface area contributed by atoms with E-state index >= 15 is 0 Å². The Kier molecular flexibility index (Phi) is 4.67. The molecule has 0 spiro atoms. The van der Waals surface area contributed by atoms with Crippen LogP contribution in [0.4, 0.5) is 0 Å². The second kappa shape index (κ2) is 6.04. The van der Waals surface area contributed by atoms with Crippen LogP contribution >= 0.6 is 0 Å². The van der Waals surface area contributed by atoms with Gasteiger partial charge >= 0.3 is 111 Å². The van der Waals surface area contributed by atoms with Crippen LogP contribution in [-0.4, -0.2) is 26.2 Å². The van der Waals surface area contributed by atoms with Crippen LogP contribution in [0, 0.1) is 0 Å². The first-order valence-corrected chi connectivity index (χ1v) is 8.46. The van der Waals surface area contributed by atoms with E-state index in [0.29, 0.717) is 25.7 Å². The van der Waals surface area contributed by atoms with Crippen molar-refractivity contribution in [3.8, 4) is 0 Å². The molecule has 0 radical (unpaired) electrons. The Balaban J connectivity index is 2.12. The zero-order valence-electron chi connectivity index (χ0n) is 10.7. The normalized spacial score (nSPS) is 25.2. The summed E-state index contributed by atoms with van der Waals surface area (Å²) < 4.78 is 1.50. The van der Waals surface area contributed by atoms with Gasteiger partial charge in [-0.3, -0.25) is 0 Å². The predicted octanol–water partition coefficient (Wildman–Crippen LogP) is 2.86. The Bertz CT molecular complexity index is 362. The van der Waals surface area contributed by atoms with Gasteiger partial charge in [0, 0.05) is 0 Å². The van der Waals surface area contributed by atoms with Crippen molar-refractivity contribution in [3.05, 3.63) is 29.8 Å². The first-order valence-electron chi connectivity index (χ1n) is 6.62. The molecule has 1 aliphatic rings. The minimum absolute atomic E-state index is 0.0519. The third-order valence-corrected chi connectivity index (χ3v) is 6.59. The SMILES string of the molecule is CC(C)c1ccccc1[Se][C@H]1CCCC[C@@H]1O. The summed E-state index contributed by atoms with van der Waals surface area (Å²) in [6, 6.07) is 8.78. The molecule has 0 heterocycles. The summed E-state index contributed by atoms with van der Waals surface area (Å²) in [6.07, 6.45) is 4.68. The van der Waals surface area contributed by atoms with E-state index in [1.165, 1.54) is 29.3 Å². The number of aliphatic hydroxyl groups excluding tert-OH is 1. The monoisotopic (exact) mass is 298 g/mol. The molecule has 1 aromatic carbocycles. The molecule has 0 amide bonds. The van der Waals surface area contributed by atoms with Gasteiger partial charge in [0.1, 0.15) is 0 Å². The Hall–Kier alpha value is -0.301. The second-order valence-corrected chi connectivity index (χ2v) is 7.89. The average Bonchev–Trinajstić information content (AvgIpc) is 2.32. The molecule has 1 fully saturated rings. The molecule has 2 atom stereocenters. The van der Waals surface area contributed by atoms with Crippen LogP contribution in [0.25, 0.3) is 0 Å². The van der Waals surface area contributed by atoms with E-state index in [0.717, 1.165) is 6.42 Å². The fourth-order valence-corrected chi connectivity index (χ4v) is 5.59. The van der Waals surface area contributed by atoms with Crippen molar-refractivity contribution >= 4 is 19.4 Å². The van der Waals surface area contributed by atoms with Gasteiger partial charge in [-0.1, -0.05) is 0 Å². The quantitative estimate of drug-likeness (QED) is 0.851. The zero-order chi connectivity index (χ0) is 12.3. The van der Waals surface area contributed by atoms with E-state index in [-0.39, 0.29) is 6.10 Å². The summed E-state index contributed by atoms with van der Waals surface area (Å²) in [6.45, 7) is 4.51. The first kappa shape index (κ1) is 13.1. The second-order valence-electron chi connectivity index (χ2n) is 5.20. The first-order chi connectivity index (χ1) is 8.18. The van der Waals surface area contributed by atoms with Gasteiger partial charge in [0.15, 0.2) is 0 Å². The summed E-state index contributed by atoms with van der Waals surface area (Å²) in [5, 5.41) is 10.1. The molecular formula is C15H22OSe. The van der Waals surface area contributed by atoms with Gasteiger partial charge in [0.05, 0.1) is 0 Å². The Morgan fingerprint density at radius 1 is 1.18 bits per heavy atom. The predicted molar refractivity (Wildman–Crippen MR) is 74.1 cm³/mol. The number of benzene rings is 1. The summed E-state index contributed by atoms with van der Waals surface area (Å²) in [4.78, 5) is 0.538. The number of hydrogen-bond donors (Lipinski definition) is 1. The molecule has 1 saturated carbocycles. The van der Waals surface area contributed by atoms with E-state index in [1.807, 2.05) is 0 Å². The molecule has 0 bridgehead atoms. The molecule has 0 aromatic heterocycles. The summed E-state index contributed by atoms with van der Waals surface area (Å²) in [7, 11) is 0. The van der Waals surface area contributed by atoms with Gasteiger partial charge in [-0.25, -0.2) is 0 Å². The summed E-state index contributed by atoms with van der Waals surface area (Å²) in [5.74, 6) is 0.591. The fraction of sp³-hybridized carbons (Fsp3) is 0.600. The van der Waals surface area contributed by atoms with Gasteiger partial charge in [0.2, 0.25) is 0 Å². The maximum atomic E-state index is 10.1. The van der Waals surface area contributed by atoms with E-state index in [1.54, 1.807) is 0 Å². The van der Waals surface area contributed by atoms with Crippen molar-refractivity contribution in [3.63, 3.8) is 0 Å². The Morgan fingerprint density at radius 3 is 2.59 bits per heavy atom. The van der Waals surface area contributed by atoms with E-state index in [2.05, 4.69) is 38.1 Å². The van der Waals surface area contributed by atoms with E-state index < -0.39 is 0 Å². The van der Waals surface area contributed by atoms with E-state index in [9.17, 15) is 5.11 Å². The van der Waals surface area contributed by atoms with Crippen molar-refractivity contribution in [2.24, 2.45) is 0 Å². The van der Waals surface area contributed by atoms with Crippen LogP contribution in [-0.2, 0) is 0 Å². The van der Waals surface area contributed by atoms with Crippen molar-refractivity contribution in [2.45, 2.75) is 56.4 Å². The van der Waals surface area contributed by atoms with E-state index in [4.69, 9.17) is 0 Å².